The third-order valence-corrected chi connectivity index (χ3v) is 6.88. The molecule has 154 valence electrons. The Labute approximate surface area is 181 Å². The highest BCUT2D eigenvalue weighted by Crippen LogP contribution is 2.27. The van der Waals surface area contributed by atoms with Gasteiger partial charge in [-0.25, -0.2) is 4.98 Å². The zero-order chi connectivity index (χ0) is 21.1. The monoisotopic (exact) mass is 439 g/mol. The first-order valence-electron chi connectivity index (χ1n) is 9.71. The second-order valence-corrected chi connectivity index (χ2v) is 8.86. The molecular formula is C21H21N5O2S2. The van der Waals surface area contributed by atoms with Crippen molar-refractivity contribution in [3.63, 3.8) is 0 Å². The van der Waals surface area contributed by atoms with E-state index >= 15 is 0 Å². The van der Waals surface area contributed by atoms with Gasteiger partial charge in [-0.15, -0.1) is 16.4 Å². The van der Waals surface area contributed by atoms with Crippen molar-refractivity contribution in [2.45, 2.75) is 33.2 Å². The van der Waals surface area contributed by atoms with Crippen LogP contribution in [0.3, 0.4) is 0 Å². The summed E-state index contributed by atoms with van der Waals surface area (Å²) in [6.07, 6.45) is 3.47. The van der Waals surface area contributed by atoms with E-state index in [2.05, 4.69) is 27.4 Å². The first-order valence-corrected chi connectivity index (χ1v) is 11.5. The van der Waals surface area contributed by atoms with Crippen LogP contribution in [-0.2, 0) is 6.54 Å². The number of thiophene rings is 1. The van der Waals surface area contributed by atoms with E-state index in [1.807, 2.05) is 30.3 Å². The summed E-state index contributed by atoms with van der Waals surface area (Å²) in [5.41, 5.74) is 2.45. The molecule has 0 atom stereocenters. The van der Waals surface area contributed by atoms with Gasteiger partial charge in [-0.05, 0) is 24.5 Å². The SMILES string of the molecule is CCCCn1cnc2sc(C(=O)NC3=NN=C(c4ccccc4)CS3)c(C)c2c1=O. The molecule has 3 aromatic rings. The van der Waals surface area contributed by atoms with Gasteiger partial charge >= 0.3 is 0 Å². The van der Waals surface area contributed by atoms with Gasteiger partial charge in [0.15, 0.2) is 5.17 Å². The number of fused-ring (bicyclic) bond motifs is 1. The summed E-state index contributed by atoms with van der Waals surface area (Å²) < 4.78 is 1.62. The average molecular weight is 440 g/mol. The van der Waals surface area contributed by atoms with Gasteiger partial charge in [0.1, 0.15) is 4.83 Å². The molecule has 3 heterocycles. The van der Waals surface area contributed by atoms with Gasteiger partial charge in [0.2, 0.25) is 0 Å². The molecule has 1 aliphatic heterocycles. The number of benzene rings is 1. The van der Waals surface area contributed by atoms with E-state index in [4.69, 9.17) is 0 Å². The highest BCUT2D eigenvalue weighted by molar-refractivity contribution is 8.14. The topological polar surface area (TPSA) is 88.7 Å². The van der Waals surface area contributed by atoms with Crippen molar-refractivity contribution in [2.75, 3.05) is 5.75 Å². The molecule has 1 aromatic carbocycles. The Kier molecular flexibility index (Phi) is 6.10. The van der Waals surface area contributed by atoms with E-state index in [1.165, 1.54) is 23.1 Å². The molecule has 7 nitrogen and oxygen atoms in total. The van der Waals surface area contributed by atoms with E-state index in [9.17, 15) is 9.59 Å². The first kappa shape index (κ1) is 20.5. The highest BCUT2D eigenvalue weighted by Gasteiger charge is 2.22. The van der Waals surface area contributed by atoms with Crippen LogP contribution in [0.5, 0.6) is 0 Å². The number of carbonyl (C=O) groups excluding carboxylic acids is 1. The van der Waals surface area contributed by atoms with Crippen molar-refractivity contribution in [3.05, 3.63) is 63.0 Å². The maximum absolute atomic E-state index is 12.8. The fourth-order valence-corrected chi connectivity index (χ4v) is 4.95. The lowest BCUT2D eigenvalue weighted by Crippen LogP contribution is -2.30. The first-order chi connectivity index (χ1) is 14.6. The van der Waals surface area contributed by atoms with Crippen molar-refractivity contribution in [1.82, 2.24) is 14.9 Å². The lowest BCUT2D eigenvalue weighted by Gasteiger charge is -2.12. The number of amidine groups is 1. The summed E-state index contributed by atoms with van der Waals surface area (Å²) in [5, 5.41) is 12.2. The second-order valence-electron chi connectivity index (χ2n) is 6.89. The van der Waals surface area contributed by atoms with Crippen LogP contribution in [0.15, 0.2) is 51.7 Å². The molecule has 0 saturated carbocycles. The van der Waals surface area contributed by atoms with E-state index in [0.717, 1.165) is 24.1 Å². The molecule has 1 aliphatic rings. The second kappa shape index (κ2) is 8.93. The van der Waals surface area contributed by atoms with Crippen molar-refractivity contribution in [3.8, 4) is 0 Å². The molecule has 0 unspecified atom stereocenters. The van der Waals surface area contributed by atoms with Gasteiger partial charge in [0.05, 0.1) is 22.3 Å². The number of aromatic nitrogens is 2. The Morgan fingerprint density at radius 2 is 2.03 bits per heavy atom. The number of thioether (sulfide) groups is 1. The molecule has 2 aromatic heterocycles. The molecule has 9 heteroatoms. The molecular weight excluding hydrogens is 418 g/mol. The van der Waals surface area contributed by atoms with Crippen LogP contribution in [0.2, 0.25) is 0 Å². The van der Waals surface area contributed by atoms with Crippen LogP contribution in [-0.4, -0.2) is 32.1 Å². The molecule has 0 radical (unpaired) electrons. The lowest BCUT2D eigenvalue weighted by molar-refractivity contribution is 0.0981. The van der Waals surface area contributed by atoms with Gasteiger partial charge in [-0.1, -0.05) is 55.4 Å². The number of aryl methyl sites for hydroxylation is 2. The minimum absolute atomic E-state index is 0.0947. The Hall–Kier alpha value is -2.78. The van der Waals surface area contributed by atoms with Crippen LogP contribution in [0.1, 0.15) is 40.6 Å². The zero-order valence-corrected chi connectivity index (χ0v) is 18.3. The number of carbonyl (C=O) groups is 1. The van der Waals surface area contributed by atoms with Crippen LogP contribution >= 0.6 is 23.1 Å². The van der Waals surface area contributed by atoms with E-state index in [-0.39, 0.29) is 11.5 Å². The summed E-state index contributed by atoms with van der Waals surface area (Å²) in [5.74, 6) is 0.331. The van der Waals surface area contributed by atoms with Crippen LogP contribution in [0, 0.1) is 6.92 Å². The number of nitrogens with one attached hydrogen (secondary N) is 1. The number of unbranched alkanes of at least 4 members (excludes halogenated alkanes) is 1. The number of amides is 1. The lowest BCUT2D eigenvalue weighted by atomic mass is 10.1. The minimum atomic E-state index is -0.292. The highest BCUT2D eigenvalue weighted by atomic mass is 32.2. The Bertz CT molecular complexity index is 1210. The quantitative estimate of drug-likeness (QED) is 0.655. The average Bonchev–Trinajstić information content (AvgIpc) is 3.12. The molecule has 0 spiro atoms. The predicted molar refractivity (Wildman–Crippen MR) is 124 cm³/mol. The zero-order valence-electron chi connectivity index (χ0n) is 16.7. The van der Waals surface area contributed by atoms with Gasteiger partial charge in [-0.3, -0.25) is 19.5 Å². The molecule has 0 aliphatic carbocycles. The molecule has 0 bridgehead atoms. The van der Waals surface area contributed by atoms with Gasteiger partial charge in [0.25, 0.3) is 11.5 Å². The number of hydrogen-bond donors (Lipinski definition) is 1. The van der Waals surface area contributed by atoms with Gasteiger partial charge in [-0.2, -0.15) is 5.10 Å². The fraction of sp³-hybridized carbons (Fsp3) is 0.286. The largest absolute Gasteiger partial charge is 0.299 e. The molecule has 4 rings (SSSR count). The molecule has 1 amide bonds. The molecule has 1 N–H and O–H groups in total. The van der Waals surface area contributed by atoms with Crippen LogP contribution in [0.25, 0.3) is 10.2 Å². The third kappa shape index (κ3) is 4.08. The molecule has 0 saturated heterocycles. The number of hydrogen-bond acceptors (Lipinski definition) is 7. The maximum Gasteiger partial charge on any atom is 0.267 e. The van der Waals surface area contributed by atoms with E-state index < -0.39 is 0 Å². The van der Waals surface area contributed by atoms with Crippen LogP contribution < -0.4 is 10.9 Å². The Morgan fingerprint density at radius 1 is 1.23 bits per heavy atom. The standard InChI is InChI=1S/C21H21N5O2S2/c1-3-4-10-26-12-22-19-16(20(26)28)13(2)17(30-19)18(27)23-21-25-24-15(11-29-21)14-8-6-5-7-9-14/h5-9,12H,3-4,10-11H2,1-2H3,(H,23,25,27). The van der Waals surface area contributed by atoms with Crippen molar-refractivity contribution < 1.29 is 4.79 Å². The van der Waals surface area contributed by atoms with E-state index in [0.29, 0.717) is 38.1 Å². The Balaban J connectivity index is 1.56. The summed E-state index contributed by atoms with van der Waals surface area (Å²) in [4.78, 5) is 31.1. The minimum Gasteiger partial charge on any atom is -0.299 e. The summed E-state index contributed by atoms with van der Waals surface area (Å²) in [7, 11) is 0. The summed E-state index contributed by atoms with van der Waals surface area (Å²) in [6, 6.07) is 9.84. The number of nitrogens with zero attached hydrogens (tertiary/aromatic N) is 4. The third-order valence-electron chi connectivity index (χ3n) is 4.81. The Morgan fingerprint density at radius 3 is 2.73 bits per heavy atom. The maximum atomic E-state index is 12.8. The van der Waals surface area contributed by atoms with Gasteiger partial charge < -0.3 is 0 Å². The van der Waals surface area contributed by atoms with Crippen LogP contribution in [0.4, 0.5) is 0 Å². The van der Waals surface area contributed by atoms with Crippen molar-refractivity contribution in [2.24, 2.45) is 10.2 Å². The van der Waals surface area contributed by atoms with E-state index in [1.54, 1.807) is 17.8 Å². The smallest absolute Gasteiger partial charge is 0.267 e. The fourth-order valence-electron chi connectivity index (χ4n) is 3.15. The summed E-state index contributed by atoms with van der Waals surface area (Å²) >= 11 is 2.66. The number of rotatable bonds is 5. The molecule has 30 heavy (non-hydrogen) atoms. The van der Waals surface area contributed by atoms with Crippen molar-refractivity contribution in [1.29, 1.82) is 0 Å². The predicted octanol–water partition coefficient (Wildman–Crippen LogP) is 3.80. The summed E-state index contributed by atoms with van der Waals surface area (Å²) in [6.45, 7) is 4.50. The van der Waals surface area contributed by atoms with Gasteiger partial charge in [0, 0.05) is 12.3 Å². The molecule has 0 fully saturated rings. The van der Waals surface area contributed by atoms with Crippen molar-refractivity contribution >= 4 is 50.1 Å². The normalized spacial score (nSPS) is 13.8.